The summed E-state index contributed by atoms with van der Waals surface area (Å²) in [6.45, 7) is 13.7. The Hall–Kier alpha value is -1.46. The van der Waals surface area contributed by atoms with Gasteiger partial charge < -0.3 is 0 Å². The van der Waals surface area contributed by atoms with E-state index in [0.717, 1.165) is 29.9 Å². The molecule has 0 bridgehead atoms. The van der Waals surface area contributed by atoms with E-state index in [1.807, 2.05) is 18.2 Å². The maximum absolute atomic E-state index is 12.6. The molecule has 0 amide bonds. The van der Waals surface area contributed by atoms with E-state index in [0.29, 0.717) is 5.75 Å². The van der Waals surface area contributed by atoms with E-state index in [1.165, 1.54) is 5.19 Å². The van der Waals surface area contributed by atoms with Crippen LogP contribution in [0.1, 0.15) is 41.5 Å². The van der Waals surface area contributed by atoms with Crippen molar-refractivity contribution in [2.45, 2.75) is 51.6 Å². The summed E-state index contributed by atoms with van der Waals surface area (Å²) >= 11 is 3.74. The van der Waals surface area contributed by atoms with Crippen molar-refractivity contribution in [1.29, 1.82) is 0 Å². The molecule has 0 atom stereocenters. The fourth-order valence-corrected chi connectivity index (χ4v) is 16.2. The van der Waals surface area contributed by atoms with E-state index in [9.17, 15) is 9.90 Å². The number of carbonyl (C=O) groups is 1. The van der Waals surface area contributed by atoms with Crippen LogP contribution in [-0.4, -0.2) is 39.2 Å². The van der Waals surface area contributed by atoms with Gasteiger partial charge in [-0.15, -0.1) is 0 Å². The van der Waals surface area contributed by atoms with Gasteiger partial charge in [0.15, 0.2) is 0 Å². The first-order valence-corrected chi connectivity index (χ1v) is 14.5. The van der Waals surface area contributed by atoms with Crippen LogP contribution in [0.15, 0.2) is 56.0 Å². The first-order valence-electron chi connectivity index (χ1n) is 10.0. The first kappa shape index (κ1) is 21.8. The number of nitrogens with zero attached hydrogens (tertiary/aromatic N) is 1. The zero-order chi connectivity index (χ0) is 22.1. The summed E-state index contributed by atoms with van der Waals surface area (Å²) in [4.78, 5) is 17.6. The molecule has 2 aromatic rings. The van der Waals surface area contributed by atoms with Gasteiger partial charge >= 0.3 is 194 Å². The number of halogens is 1. The number of rotatable bonds is 1. The molecule has 0 saturated heterocycles. The van der Waals surface area contributed by atoms with Gasteiger partial charge in [0.05, 0.1) is 0 Å². The van der Waals surface area contributed by atoms with Crippen LogP contribution in [0.2, 0.25) is 10.1 Å². The Morgan fingerprint density at radius 3 is 2.23 bits per heavy atom. The predicted octanol–water partition coefficient (Wildman–Crippen LogP) is 5.83. The molecule has 4 rings (SSSR count). The summed E-state index contributed by atoms with van der Waals surface area (Å²) < 4.78 is 2.32. The molecule has 1 aromatic carbocycles. The molecule has 3 nitrogen and oxygen atoms in total. The molecule has 30 heavy (non-hydrogen) atoms. The Morgan fingerprint density at radius 2 is 1.67 bits per heavy atom. The zero-order valence-electron chi connectivity index (χ0n) is 18.1. The number of allylic oxidation sites excluding steroid dienone is 4. The van der Waals surface area contributed by atoms with Gasteiger partial charge in [0.2, 0.25) is 0 Å². The van der Waals surface area contributed by atoms with Crippen molar-refractivity contribution in [3.63, 3.8) is 0 Å². The van der Waals surface area contributed by atoms with Gasteiger partial charge in [-0.25, -0.2) is 0 Å². The predicted molar refractivity (Wildman–Crippen MR) is 132 cm³/mol. The maximum atomic E-state index is 12.6. The normalized spacial score (nSPS) is 17.9. The second kappa shape index (κ2) is 7.03. The average Bonchev–Trinajstić information content (AvgIpc) is 3.03. The van der Waals surface area contributed by atoms with Crippen LogP contribution in [0.3, 0.4) is 0 Å². The second-order valence-corrected chi connectivity index (χ2v) is 19.8. The molecule has 2 heterocycles. The van der Waals surface area contributed by atoms with Crippen LogP contribution in [0, 0.1) is 0 Å². The summed E-state index contributed by atoms with van der Waals surface area (Å²) in [7, 11) is -2.65. The molecular formula is C24H26BrNO2SeSi. The fraction of sp³-hybridized carbons (Fsp3) is 0.333. The molecule has 0 radical (unpaired) electrons. The van der Waals surface area contributed by atoms with E-state index in [4.69, 9.17) is 4.99 Å². The molecule has 0 fully saturated rings. The number of carbonyl (C=O) groups excluding carboxylic acids is 1. The van der Waals surface area contributed by atoms with Crippen molar-refractivity contribution in [2.75, 3.05) is 0 Å². The van der Waals surface area contributed by atoms with E-state index >= 15 is 0 Å². The summed E-state index contributed by atoms with van der Waals surface area (Å²) in [5, 5.41) is 13.2. The van der Waals surface area contributed by atoms with Crippen molar-refractivity contribution in [3.05, 3.63) is 51.0 Å². The molecule has 1 N–H and O–H groups in total. The third-order valence-electron chi connectivity index (χ3n) is 6.22. The SMILES string of the molecule is CC(C)(C)[Si]1(C(C)(C)C)C2=CC(=O)C=CC2=Nc2ccc(O)c(-c3ccc(Br)[se]3)c21. The van der Waals surface area contributed by atoms with Gasteiger partial charge in [-0.2, -0.15) is 0 Å². The van der Waals surface area contributed by atoms with E-state index in [2.05, 4.69) is 69.6 Å². The molecule has 0 unspecified atom stereocenters. The number of hydrogen-bond donors (Lipinski definition) is 1. The van der Waals surface area contributed by atoms with Gasteiger partial charge in [0, 0.05) is 0 Å². The summed E-state index contributed by atoms with van der Waals surface area (Å²) in [5.74, 6) is 0.327. The quantitative estimate of drug-likeness (QED) is 0.361. The third-order valence-corrected chi connectivity index (χ3v) is 16.2. The molecule has 2 aliphatic rings. The van der Waals surface area contributed by atoms with Crippen molar-refractivity contribution in [1.82, 2.24) is 0 Å². The molecule has 156 valence electrons. The van der Waals surface area contributed by atoms with Crippen molar-refractivity contribution in [3.8, 4) is 15.8 Å². The molecule has 1 aliphatic heterocycles. The Morgan fingerprint density at radius 1 is 1.00 bits per heavy atom. The monoisotopic (exact) mass is 547 g/mol. The van der Waals surface area contributed by atoms with Crippen LogP contribution >= 0.6 is 15.9 Å². The van der Waals surface area contributed by atoms with Crippen LogP contribution in [0.25, 0.3) is 10.0 Å². The van der Waals surface area contributed by atoms with Gasteiger partial charge in [-0.1, -0.05) is 0 Å². The number of phenolic OH excluding ortho intramolecular Hbond substituents is 1. The Kier molecular flexibility index (Phi) is 5.09. The molecule has 0 saturated carbocycles. The number of aromatic hydroxyl groups is 1. The number of aliphatic imine (C=N–C) groups is 1. The van der Waals surface area contributed by atoms with Crippen LogP contribution in [-0.2, 0) is 4.79 Å². The number of fused-ring (bicyclic) bond motifs is 2. The van der Waals surface area contributed by atoms with E-state index < -0.39 is 8.07 Å². The molecule has 6 heteroatoms. The van der Waals surface area contributed by atoms with Gasteiger partial charge in [-0.3, -0.25) is 0 Å². The van der Waals surface area contributed by atoms with Crippen LogP contribution in [0.5, 0.6) is 5.75 Å². The van der Waals surface area contributed by atoms with E-state index in [1.54, 1.807) is 12.1 Å². The molecule has 1 aliphatic carbocycles. The minimum atomic E-state index is -2.65. The van der Waals surface area contributed by atoms with Crippen molar-refractivity contribution in [2.24, 2.45) is 4.99 Å². The Balaban J connectivity index is 2.25. The zero-order valence-corrected chi connectivity index (χ0v) is 22.4. The van der Waals surface area contributed by atoms with Crippen LogP contribution < -0.4 is 5.19 Å². The number of phenols is 1. The van der Waals surface area contributed by atoms with Gasteiger partial charge in [0.1, 0.15) is 0 Å². The van der Waals surface area contributed by atoms with Crippen molar-refractivity contribution < 1.29 is 9.90 Å². The van der Waals surface area contributed by atoms with Crippen molar-refractivity contribution >= 4 is 60.9 Å². The standard InChI is InChI=1S/C24H26BrNO2SeSi/c1-23(2,3)30(24(4,5)6)19-13-14(27)7-8-15(19)26-16-9-10-17(28)21(22(16)30)18-11-12-20(25)29-18/h7-13,28H,1-6H3. The van der Waals surface area contributed by atoms with Crippen LogP contribution in [0.4, 0.5) is 5.69 Å². The Labute approximate surface area is 193 Å². The number of ketones is 1. The summed E-state index contributed by atoms with van der Waals surface area (Å²) in [6.07, 6.45) is 5.31. The topological polar surface area (TPSA) is 49.7 Å². The first-order chi connectivity index (χ1) is 13.9. The summed E-state index contributed by atoms with van der Waals surface area (Å²) in [5.41, 5.74) is 2.77. The number of benzene rings is 1. The average molecular weight is 547 g/mol. The minimum absolute atomic E-state index is 0.0215. The Bertz CT molecular complexity index is 1140. The molecule has 1 aromatic heterocycles. The fourth-order valence-electron chi connectivity index (χ4n) is 5.61. The number of hydrogen-bond acceptors (Lipinski definition) is 3. The molecular weight excluding hydrogens is 521 g/mol. The van der Waals surface area contributed by atoms with Gasteiger partial charge in [0.25, 0.3) is 0 Å². The summed E-state index contributed by atoms with van der Waals surface area (Å²) in [6, 6.07) is 7.92. The second-order valence-electron chi connectivity index (χ2n) is 10.00. The van der Waals surface area contributed by atoms with Gasteiger partial charge in [-0.05, 0) is 0 Å². The van der Waals surface area contributed by atoms with E-state index in [-0.39, 0.29) is 30.4 Å². The molecule has 0 spiro atoms. The third kappa shape index (κ3) is 3.03.